The van der Waals surface area contributed by atoms with Gasteiger partial charge in [0.1, 0.15) is 5.39 Å². The highest BCUT2D eigenvalue weighted by Crippen LogP contribution is 2.22. The summed E-state index contributed by atoms with van der Waals surface area (Å²) in [6.07, 6.45) is 3.14. The highest BCUT2D eigenvalue weighted by Gasteiger charge is 2.19. The second-order valence-corrected chi connectivity index (χ2v) is 9.46. The molecule has 1 aromatic carbocycles. The molecule has 4 aromatic rings. The second kappa shape index (κ2) is 10.0. The summed E-state index contributed by atoms with van der Waals surface area (Å²) in [7, 11) is 0. The fraction of sp³-hybridized carbons (Fsp3) is 0.346. The number of benzene rings is 1. The van der Waals surface area contributed by atoms with Crippen molar-refractivity contribution in [3.8, 4) is 5.82 Å². The lowest BCUT2D eigenvalue weighted by molar-refractivity contribution is 0.485. The van der Waals surface area contributed by atoms with Crippen LogP contribution >= 0.6 is 0 Å². The summed E-state index contributed by atoms with van der Waals surface area (Å²) in [6, 6.07) is 11.5. The Bertz CT molecular complexity index is 1550. The summed E-state index contributed by atoms with van der Waals surface area (Å²) in [5.74, 6) is 0.749. The first-order valence-electron chi connectivity index (χ1n) is 12.4. The number of anilines is 3. The molecule has 1 aliphatic heterocycles. The van der Waals surface area contributed by atoms with E-state index in [1.807, 2.05) is 26.0 Å². The Kier molecular flexibility index (Phi) is 6.62. The molecule has 3 aromatic heterocycles. The van der Waals surface area contributed by atoms with Crippen LogP contribution in [0.2, 0.25) is 0 Å². The highest BCUT2D eigenvalue weighted by molar-refractivity contribution is 5.77. The monoisotopic (exact) mass is 501 g/mol. The van der Waals surface area contributed by atoms with Crippen LogP contribution in [0, 0.1) is 0 Å². The van der Waals surface area contributed by atoms with E-state index in [9.17, 15) is 9.59 Å². The van der Waals surface area contributed by atoms with E-state index in [1.54, 1.807) is 16.8 Å². The molecule has 0 radical (unpaired) electrons. The number of aromatic nitrogens is 6. The van der Waals surface area contributed by atoms with Crippen molar-refractivity contribution in [1.82, 2.24) is 34.4 Å². The van der Waals surface area contributed by atoms with Crippen LogP contribution in [0.3, 0.4) is 0 Å². The SMILES string of the molecule is C=CCn1c(=O)c2cnc(Nc3ccc(N4CCN[C@H](C)C4)cc3)nc2n1-c1ccc(=O)n(C(C)C)n1. The van der Waals surface area contributed by atoms with Crippen LogP contribution in [0.15, 0.2) is 64.8 Å². The zero-order valence-corrected chi connectivity index (χ0v) is 21.3. The lowest BCUT2D eigenvalue weighted by Crippen LogP contribution is -2.49. The predicted octanol–water partition coefficient (Wildman–Crippen LogP) is 2.45. The zero-order chi connectivity index (χ0) is 26.1. The van der Waals surface area contributed by atoms with Gasteiger partial charge in [-0.15, -0.1) is 11.7 Å². The number of allylic oxidation sites excluding steroid dienone is 1. The molecule has 0 spiro atoms. The molecule has 37 heavy (non-hydrogen) atoms. The van der Waals surface area contributed by atoms with Crippen LogP contribution in [-0.2, 0) is 6.54 Å². The number of hydrogen-bond donors (Lipinski definition) is 2. The molecule has 0 bridgehead atoms. The van der Waals surface area contributed by atoms with Gasteiger partial charge in [0, 0.05) is 49.3 Å². The van der Waals surface area contributed by atoms with E-state index in [0.717, 1.165) is 31.0 Å². The lowest BCUT2D eigenvalue weighted by Gasteiger charge is -2.33. The smallest absolute Gasteiger partial charge is 0.278 e. The number of piperazine rings is 1. The van der Waals surface area contributed by atoms with Crippen molar-refractivity contribution in [2.75, 3.05) is 29.9 Å². The van der Waals surface area contributed by atoms with Gasteiger partial charge in [-0.05, 0) is 51.1 Å². The van der Waals surface area contributed by atoms with Crippen LogP contribution in [0.4, 0.5) is 17.3 Å². The van der Waals surface area contributed by atoms with Crippen LogP contribution < -0.4 is 26.7 Å². The van der Waals surface area contributed by atoms with Gasteiger partial charge in [0.05, 0.1) is 12.6 Å². The van der Waals surface area contributed by atoms with Crippen LogP contribution in [0.5, 0.6) is 0 Å². The van der Waals surface area contributed by atoms with Gasteiger partial charge in [-0.3, -0.25) is 9.59 Å². The third-order valence-corrected chi connectivity index (χ3v) is 6.35. The molecule has 4 heterocycles. The molecule has 192 valence electrons. The minimum atomic E-state index is -0.264. The fourth-order valence-electron chi connectivity index (χ4n) is 4.56. The van der Waals surface area contributed by atoms with E-state index < -0.39 is 0 Å². The third kappa shape index (κ3) is 4.77. The van der Waals surface area contributed by atoms with Gasteiger partial charge in [0.25, 0.3) is 11.1 Å². The summed E-state index contributed by atoms with van der Waals surface area (Å²) >= 11 is 0. The number of nitrogens with zero attached hydrogens (tertiary/aromatic N) is 7. The maximum Gasteiger partial charge on any atom is 0.278 e. The molecule has 1 atom stereocenters. The average molecular weight is 502 g/mol. The summed E-state index contributed by atoms with van der Waals surface area (Å²) in [5, 5.41) is 11.5. The minimum Gasteiger partial charge on any atom is -0.369 e. The van der Waals surface area contributed by atoms with Gasteiger partial charge < -0.3 is 15.5 Å². The number of fused-ring (bicyclic) bond motifs is 1. The molecule has 1 saturated heterocycles. The molecular formula is C26H31N9O2. The molecule has 1 fully saturated rings. The Morgan fingerprint density at radius 3 is 2.68 bits per heavy atom. The largest absolute Gasteiger partial charge is 0.369 e. The van der Waals surface area contributed by atoms with Gasteiger partial charge in [-0.1, -0.05) is 6.08 Å². The average Bonchev–Trinajstić information content (AvgIpc) is 3.15. The van der Waals surface area contributed by atoms with Crippen molar-refractivity contribution in [2.45, 2.75) is 39.4 Å². The fourth-order valence-corrected chi connectivity index (χ4v) is 4.56. The summed E-state index contributed by atoms with van der Waals surface area (Å²) in [6.45, 7) is 12.8. The molecule has 2 N–H and O–H groups in total. The number of rotatable bonds is 7. The van der Waals surface area contributed by atoms with Crippen molar-refractivity contribution in [1.29, 1.82) is 0 Å². The van der Waals surface area contributed by atoms with Crippen molar-refractivity contribution in [3.05, 3.63) is 76.0 Å². The van der Waals surface area contributed by atoms with Crippen molar-refractivity contribution in [3.63, 3.8) is 0 Å². The molecule has 0 amide bonds. The summed E-state index contributed by atoms with van der Waals surface area (Å²) in [4.78, 5) is 36.9. The van der Waals surface area contributed by atoms with Crippen LogP contribution in [0.1, 0.15) is 26.8 Å². The first-order valence-corrected chi connectivity index (χ1v) is 12.4. The van der Waals surface area contributed by atoms with Gasteiger partial charge in [0.15, 0.2) is 11.5 Å². The molecule has 1 aliphatic rings. The minimum absolute atomic E-state index is 0.145. The third-order valence-electron chi connectivity index (χ3n) is 6.35. The van der Waals surface area contributed by atoms with Gasteiger partial charge in [0.2, 0.25) is 5.95 Å². The van der Waals surface area contributed by atoms with Crippen molar-refractivity contribution in [2.24, 2.45) is 0 Å². The number of hydrogen-bond acceptors (Lipinski definition) is 8. The Balaban J connectivity index is 1.52. The Morgan fingerprint density at radius 1 is 1.19 bits per heavy atom. The van der Waals surface area contributed by atoms with Crippen molar-refractivity contribution < 1.29 is 0 Å². The first-order chi connectivity index (χ1) is 17.9. The molecular weight excluding hydrogens is 470 g/mol. The second-order valence-electron chi connectivity index (χ2n) is 9.46. The highest BCUT2D eigenvalue weighted by atomic mass is 16.1. The molecule has 11 nitrogen and oxygen atoms in total. The predicted molar refractivity (Wildman–Crippen MR) is 145 cm³/mol. The van der Waals surface area contributed by atoms with E-state index in [2.05, 4.69) is 56.2 Å². The van der Waals surface area contributed by atoms with Crippen molar-refractivity contribution >= 4 is 28.4 Å². The molecule has 0 saturated carbocycles. The van der Waals surface area contributed by atoms with Crippen LogP contribution in [-0.4, -0.2) is 54.8 Å². The number of nitrogens with one attached hydrogen (secondary N) is 2. The van der Waals surface area contributed by atoms with E-state index in [1.165, 1.54) is 21.6 Å². The summed E-state index contributed by atoms with van der Waals surface area (Å²) in [5.41, 5.74) is 1.90. The van der Waals surface area contributed by atoms with Gasteiger partial charge in [-0.2, -0.15) is 4.98 Å². The normalized spacial score (nSPS) is 15.9. The Hall–Kier alpha value is -4.25. The molecule has 0 unspecified atom stereocenters. The van der Waals surface area contributed by atoms with E-state index in [4.69, 9.17) is 0 Å². The molecule has 5 rings (SSSR count). The zero-order valence-electron chi connectivity index (χ0n) is 21.3. The van der Waals surface area contributed by atoms with E-state index in [-0.39, 0.29) is 23.7 Å². The van der Waals surface area contributed by atoms with Gasteiger partial charge >= 0.3 is 0 Å². The quantitative estimate of drug-likeness (QED) is 0.371. The maximum absolute atomic E-state index is 13.2. The summed E-state index contributed by atoms with van der Waals surface area (Å²) < 4.78 is 4.47. The van der Waals surface area contributed by atoms with Gasteiger partial charge in [-0.25, -0.2) is 19.0 Å². The van der Waals surface area contributed by atoms with Crippen LogP contribution in [0.25, 0.3) is 16.9 Å². The standard InChI is InChI=1S/C26H31N9O2/c1-5-13-33-25(37)21-15-28-26(29-19-6-8-20(9-7-19)32-14-12-27-18(4)16-32)30-24(21)35(33)22-10-11-23(36)34(31-22)17(2)3/h5-11,15,17-18,27H,1,12-14,16H2,2-4H3,(H,28,29,30)/t18-/m1/s1. The molecule has 0 aliphatic carbocycles. The first kappa shape index (κ1) is 24.4. The topological polar surface area (TPSA) is 115 Å². The Morgan fingerprint density at radius 2 is 1.97 bits per heavy atom. The maximum atomic E-state index is 13.2. The molecule has 11 heteroatoms. The van der Waals surface area contributed by atoms with E-state index >= 15 is 0 Å². The lowest BCUT2D eigenvalue weighted by atomic mass is 10.2. The Labute approximate surface area is 214 Å². The van der Waals surface area contributed by atoms with E-state index in [0.29, 0.717) is 28.8 Å².